The van der Waals surface area contributed by atoms with Gasteiger partial charge in [-0.25, -0.2) is 9.18 Å². The number of carbonyl (C=O) groups is 1. The van der Waals surface area contributed by atoms with Crippen LogP contribution >= 0.6 is 0 Å². The van der Waals surface area contributed by atoms with Gasteiger partial charge in [0.15, 0.2) is 0 Å². The molecule has 0 radical (unpaired) electrons. The van der Waals surface area contributed by atoms with Gasteiger partial charge in [-0.2, -0.15) is 4.98 Å². The number of anilines is 1. The number of hydrogen-bond acceptors (Lipinski definition) is 4. The van der Waals surface area contributed by atoms with Gasteiger partial charge < -0.3 is 9.84 Å². The molecule has 4 aromatic rings. The van der Waals surface area contributed by atoms with Crippen LogP contribution in [0.3, 0.4) is 0 Å². The molecule has 2 heterocycles. The minimum Gasteiger partial charge on any atom is -0.334 e. The van der Waals surface area contributed by atoms with Gasteiger partial charge in [0.05, 0.1) is 17.3 Å². The molecule has 7 heteroatoms. The second kappa shape index (κ2) is 8.94. The number of urea groups is 1. The Labute approximate surface area is 196 Å². The number of aryl methyl sites for hydroxylation is 1. The van der Waals surface area contributed by atoms with E-state index in [1.165, 1.54) is 17.7 Å². The summed E-state index contributed by atoms with van der Waals surface area (Å²) in [5.41, 5.74) is 4.56. The molecule has 0 saturated heterocycles. The number of halogens is 1. The van der Waals surface area contributed by atoms with E-state index >= 15 is 0 Å². The summed E-state index contributed by atoms with van der Waals surface area (Å²) >= 11 is 0. The Hall–Kier alpha value is -4.26. The third-order valence-electron chi connectivity index (χ3n) is 5.96. The van der Waals surface area contributed by atoms with E-state index < -0.39 is 11.9 Å². The van der Waals surface area contributed by atoms with Gasteiger partial charge in [0.2, 0.25) is 5.82 Å². The summed E-state index contributed by atoms with van der Waals surface area (Å²) in [6, 6.07) is 22.4. The van der Waals surface area contributed by atoms with Gasteiger partial charge in [-0.3, -0.25) is 4.90 Å². The van der Waals surface area contributed by atoms with Crippen LogP contribution in [-0.4, -0.2) is 16.2 Å². The highest BCUT2D eigenvalue weighted by atomic mass is 19.1. The highest BCUT2D eigenvalue weighted by molar-refractivity contribution is 6.01. The summed E-state index contributed by atoms with van der Waals surface area (Å²) in [7, 11) is 0. The maximum Gasteiger partial charge on any atom is 0.326 e. The molecule has 6 nitrogen and oxygen atoms in total. The molecule has 0 bridgehead atoms. The van der Waals surface area contributed by atoms with Crippen LogP contribution in [0.1, 0.15) is 36.9 Å². The van der Waals surface area contributed by atoms with Crippen LogP contribution in [-0.2, 0) is 6.42 Å². The van der Waals surface area contributed by atoms with Crippen LogP contribution in [0.5, 0.6) is 0 Å². The normalized spacial score (nSPS) is 16.0. The van der Waals surface area contributed by atoms with Gasteiger partial charge in [-0.15, -0.1) is 0 Å². The van der Waals surface area contributed by atoms with Crippen molar-refractivity contribution in [3.63, 3.8) is 0 Å². The summed E-state index contributed by atoms with van der Waals surface area (Å²) in [4.78, 5) is 19.4. The lowest BCUT2D eigenvalue weighted by Gasteiger charge is -2.35. The summed E-state index contributed by atoms with van der Waals surface area (Å²) in [5.74, 6) is 0.317. The molecule has 5 rings (SSSR count). The zero-order chi connectivity index (χ0) is 23.7. The SMILES string of the molecule is CCc1ccc(-c2noc(C3=C(C)N(c4ccccc4)C(=O)NC3c3cccc(F)c3)n2)cc1. The molecular formula is C27H23FN4O2. The lowest BCUT2D eigenvalue weighted by Crippen LogP contribution is -2.46. The van der Waals surface area contributed by atoms with Crippen LogP contribution in [0, 0.1) is 5.82 Å². The largest absolute Gasteiger partial charge is 0.334 e. The summed E-state index contributed by atoms with van der Waals surface area (Å²) in [5, 5.41) is 7.17. The first kappa shape index (κ1) is 21.6. The first-order chi connectivity index (χ1) is 16.5. The standard InChI is InChI=1S/C27H23FN4O2/c1-3-18-12-14-19(15-13-18)25-30-26(34-31-25)23-17(2)32(22-10-5-4-6-11-22)27(33)29-24(23)20-8-7-9-21(28)16-20/h4-16,24H,3H2,1-2H3,(H,29,33). The number of rotatable bonds is 5. The molecule has 0 aliphatic carbocycles. The third kappa shape index (κ3) is 3.96. The van der Waals surface area contributed by atoms with Crippen LogP contribution < -0.4 is 10.2 Å². The van der Waals surface area contributed by atoms with E-state index in [9.17, 15) is 9.18 Å². The van der Waals surface area contributed by atoms with Crippen molar-refractivity contribution in [1.29, 1.82) is 0 Å². The van der Waals surface area contributed by atoms with Crippen molar-refractivity contribution in [2.24, 2.45) is 0 Å². The van der Waals surface area contributed by atoms with Crippen molar-refractivity contribution >= 4 is 17.3 Å². The number of hydrogen-bond donors (Lipinski definition) is 1. The van der Waals surface area contributed by atoms with Crippen molar-refractivity contribution in [2.45, 2.75) is 26.3 Å². The molecule has 1 atom stereocenters. The van der Waals surface area contributed by atoms with E-state index in [1.54, 1.807) is 17.0 Å². The minimum atomic E-state index is -0.654. The fourth-order valence-corrected chi connectivity index (χ4v) is 4.18. The van der Waals surface area contributed by atoms with Crippen molar-refractivity contribution in [3.05, 3.63) is 107 Å². The Kier molecular flexibility index (Phi) is 5.67. The van der Waals surface area contributed by atoms with Crippen LogP contribution in [0.25, 0.3) is 17.0 Å². The molecule has 2 amide bonds. The summed E-state index contributed by atoms with van der Waals surface area (Å²) in [6.07, 6.45) is 0.939. The topological polar surface area (TPSA) is 71.3 Å². The fraction of sp³-hybridized carbons (Fsp3) is 0.148. The molecular weight excluding hydrogens is 431 g/mol. The molecule has 34 heavy (non-hydrogen) atoms. The maximum absolute atomic E-state index is 14.1. The van der Waals surface area contributed by atoms with E-state index in [1.807, 2.05) is 61.5 Å². The average molecular weight is 455 g/mol. The fourth-order valence-electron chi connectivity index (χ4n) is 4.18. The predicted octanol–water partition coefficient (Wildman–Crippen LogP) is 6.14. The Morgan fingerprint density at radius 1 is 1.03 bits per heavy atom. The number of nitrogens with one attached hydrogen (secondary N) is 1. The van der Waals surface area contributed by atoms with Crippen molar-refractivity contribution in [1.82, 2.24) is 15.5 Å². The minimum absolute atomic E-state index is 0.266. The van der Waals surface area contributed by atoms with Gasteiger partial charge >= 0.3 is 6.03 Å². The molecule has 3 aromatic carbocycles. The number of benzene rings is 3. The first-order valence-corrected chi connectivity index (χ1v) is 11.1. The van der Waals surface area contributed by atoms with Gasteiger partial charge in [0.1, 0.15) is 5.82 Å². The molecule has 1 aliphatic rings. The van der Waals surface area contributed by atoms with E-state index in [2.05, 4.69) is 22.4 Å². The van der Waals surface area contributed by atoms with Crippen LogP contribution in [0.4, 0.5) is 14.9 Å². The molecule has 170 valence electrons. The van der Waals surface area contributed by atoms with E-state index in [4.69, 9.17) is 4.52 Å². The van der Waals surface area contributed by atoms with Gasteiger partial charge in [0, 0.05) is 11.3 Å². The predicted molar refractivity (Wildman–Crippen MR) is 128 cm³/mol. The zero-order valence-electron chi connectivity index (χ0n) is 18.8. The van der Waals surface area contributed by atoms with Crippen molar-refractivity contribution < 1.29 is 13.7 Å². The molecule has 1 aromatic heterocycles. The number of aromatic nitrogens is 2. The van der Waals surface area contributed by atoms with Crippen molar-refractivity contribution in [2.75, 3.05) is 4.90 Å². The Bertz CT molecular complexity index is 1360. The van der Waals surface area contributed by atoms with Gasteiger partial charge in [-0.1, -0.05) is 66.7 Å². The number of allylic oxidation sites excluding steroid dienone is 1. The Morgan fingerprint density at radius 3 is 2.50 bits per heavy atom. The molecule has 1 N–H and O–H groups in total. The zero-order valence-corrected chi connectivity index (χ0v) is 18.8. The van der Waals surface area contributed by atoms with Gasteiger partial charge in [-0.05, 0) is 48.7 Å². The summed E-state index contributed by atoms with van der Waals surface area (Å²) in [6.45, 7) is 3.92. The lowest BCUT2D eigenvalue weighted by atomic mass is 9.94. The quantitative estimate of drug-likeness (QED) is 0.393. The van der Waals surface area contributed by atoms with E-state index in [0.717, 1.165) is 12.0 Å². The molecule has 0 saturated carbocycles. The molecule has 1 aliphatic heterocycles. The smallest absolute Gasteiger partial charge is 0.326 e. The second-order valence-electron chi connectivity index (χ2n) is 8.08. The number of nitrogens with zero attached hydrogens (tertiary/aromatic N) is 3. The van der Waals surface area contributed by atoms with Gasteiger partial charge in [0.25, 0.3) is 5.89 Å². The highest BCUT2D eigenvalue weighted by Gasteiger charge is 2.36. The van der Waals surface area contributed by atoms with Crippen LogP contribution in [0.15, 0.2) is 89.1 Å². The number of amides is 2. The molecule has 0 spiro atoms. The number of carbonyl (C=O) groups excluding carboxylic acids is 1. The monoisotopic (exact) mass is 454 g/mol. The lowest BCUT2D eigenvalue weighted by molar-refractivity contribution is 0.244. The first-order valence-electron chi connectivity index (χ1n) is 11.1. The van der Waals surface area contributed by atoms with E-state index in [0.29, 0.717) is 28.3 Å². The van der Waals surface area contributed by atoms with E-state index in [-0.39, 0.29) is 11.9 Å². The third-order valence-corrected chi connectivity index (χ3v) is 5.96. The maximum atomic E-state index is 14.1. The van der Waals surface area contributed by atoms with Crippen molar-refractivity contribution in [3.8, 4) is 11.4 Å². The second-order valence-corrected chi connectivity index (χ2v) is 8.08. The highest BCUT2D eigenvalue weighted by Crippen LogP contribution is 2.39. The summed E-state index contributed by atoms with van der Waals surface area (Å²) < 4.78 is 19.8. The molecule has 0 fully saturated rings. The molecule has 1 unspecified atom stereocenters. The average Bonchev–Trinajstić information content (AvgIpc) is 3.34. The number of para-hydroxylation sites is 1. The Morgan fingerprint density at radius 2 is 1.79 bits per heavy atom. The van der Waals surface area contributed by atoms with Crippen LogP contribution in [0.2, 0.25) is 0 Å². The Balaban J connectivity index is 1.63.